The lowest BCUT2D eigenvalue weighted by molar-refractivity contribution is -0.141. The lowest BCUT2D eigenvalue weighted by atomic mass is 10.1. The maximum Gasteiger partial charge on any atom is 0.352 e. The lowest BCUT2D eigenvalue weighted by Crippen LogP contribution is -2.28. The van der Waals surface area contributed by atoms with Gasteiger partial charge in [0.25, 0.3) is 0 Å². The van der Waals surface area contributed by atoms with Gasteiger partial charge in [-0.25, -0.2) is 4.79 Å². The lowest BCUT2D eigenvalue weighted by Gasteiger charge is -2.14. The molecule has 0 unspecified atom stereocenters. The molecule has 4 heteroatoms. The number of ether oxygens (including phenoxy) is 2. The molecule has 3 aromatic rings. The van der Waals surface area contributed by atoms with Crippen molar-refractivity contribution in [2.45, 2.75) is 13.0 Å². The van der Waals surface area contributed by atoms with Crippen molar-refractivity contribution in [2.75, 3.05) is 0 Å². The zero-order chi connectivity index (χ0) is 16.9. The average molecular weight is 317 g/mol. The molecule has 0 radical (unpaired) electrons. The molecule has 0 aliphatic rings. The molecule has 0 saturated carbocycles. The summed E-state index contributed by atoms with van der Waals surface area (Å²) in [6, 6.07) is 21.9. The van der Waals surface area contributed by atoms with Crippen molar-refractivity contribution in [3.05, 3.63) is 72.3 Å². The highest BCUT2D eigenvalue weighted by Gasteiger charge is 2.17. The van der Waals surface area contributed by atoms with Crippen LogP contribution in [0.1, 0.15) is 12.5 Å². The molecule has 0 heterocycles. The highest BCUT2D eigenvalue weighted by molar-refractivity contribution is 5.85. The van der Waals surface area contributed by atoms with Gasteiger partial charge in [0.05, 0.1) is 11.6 Å². The predicted molar refractivity (Wildman–Crippen MR) is 90.8 cm³/mol. The Morgan fingerprint density at radius 1 is 0.958 bits per heavy atom. The van der Waals surface area contributed by atoms with Crippen LogP contribution in [0.5, 0.6) is 11.5 Å². The number of carbonyl (C=O) groups excluding carboxylic acids is 1. The van der Waals surface area contributed by atoms with Gasteiger partial charge in [-0.1, -0.05) is 30.3 Å². The molecule has 0 aliphatic carbocycles. The minimum absolute atomic E-state index is 0.477. The van der Waals surface area contributed by atoms with Gasteiger partial charge in [0.2, 0.25) is 0 Å². The van der Waals surface area contributed by atoms with Crippen LogP contribution in [-0.2, 0) is 4.79 Å². The summed E-state index contributed by atoms with van der Waals surface area (Å²) < 4.78 is 10.9. The van der Waals surface area contributed by atoms with Gasteiger partial charge in [0.15, 0.2) is 6.10 Å². The Labute approximate surface area is 139 Å². The second-order valence-corrected chi connectivity index (χ2v) is 5.33. The van der Waals surface area contributed by atoms with Crippen LogP contribution in [0.15, 0.2) is 66.7 Å². The molecule has 0 saturated heterocycles. The highest BCUT2D eigenvalue weighted by atomic mass is 16.6. The van der Waals surface area contributed by atoms with E-state index < -0.39 is 12.1 Å². The average Bonchev–Trinajstić information content (AvgIpc) is 2.62. The third kappa shape index (κ3) is 3.53. The molecule has 0 spiro atoms. The van der Waals surface area contributed by atoms with Gasteiger partial charge < -0.3 is 9.47 Å². The van der Waals surface area contributed by atoms with Crippen molar-refractivity contribution in [1.82, 2.24) is 0 Å². The zero-order valence-electron chi connectivity index (χ0n) is 13.1. The molecular formula is C20H15NO3. The minimum Gasteiger partial charge on any atom is -0.479 e. The minimum atomic E-state index is -0.760. The summed E-state index contributed by atoms with van der Waals surface area (Å²) in [4.78, 5) is 12.2. The Balaban J connectivity index is 1.67. The Kier molecular flexibility index (Phi) is 4.44. The van der Waals surface area contributed by atoms with Crippen LogP contribution in [0.25, 0.3) is 10.8 Å². The van der Waals surface area contributed by atoms with Crippen molar-refractivity contribution < 1.29 is 14.3 Å². The Hall–Kier alpha value is -3.32. The molecule has 1 atom stereocenters. The summed E-state index contributed by atoms with van der Waals surface area (Å²) in [6.07, 6.45) is -0.760. The number of hydrogen-bond donors (Lipinski definition) is 0. The first kappa shape index (κ1) is 15.6. The van der Waals surface area contributed by atoms with E-state index in [0.717, 1.165) is 10.8 Å². The van der Waals surface area contributed by atoms with Crippen molar-refractivity contribution in [2.24, 2.45) is 0 Å². The molecule has 3 aromatic carbocycles. The van der Waals surface area contributed by atoms with Gasteiger partial charge in [-0.2, -0.15) is 5.26 Å². The van der Waals surface area contributed by atoms with E-state index in [-0.39, 0.29) is 0 Å². The van der Waals surface area contributed by atoms with Gasteiger partial charge >= 0.3 is 5.97 Å². The maximum absolute atomic E-state index is 12.2. The molecule has 118 valence electrons. The molecular weight excluding hydrogens is 302 g/mol. The summed E-state index contributed by atoms with van der Waals surface area (Å²) in [5.74, 6) is 0.514. The summed E-state index contributed by atoms with van der Waals surface area (Å²) in [6.45, 7) is 1.63. The van der Waals surface area contributed by atoms with Crippen molar-refractivity contribution in [1.29, 1.82) is 5.26 Å². The Bertz CT molecular complexity index is 910. The number of fused-ring (bicyclic) bond motifs is 1. The molecule has 0 aromatic heterocycles. The van der Waals surface area contributed by atoms with E-state index in [4.69, 9.17) is 14.7 Å². The predicted octanol–water partition coefficient (Wildman–Crippen LogP) is 4.08. The van der Waals surface area contributed by atoms with Crippen LogP contribution in [0.2, 0.25) is 0 Å². The maximum atomic E-state index is 12.2. The van der Waals surface area contributed by atoms with E-state index >= 15 is 0 Å². The molecule has 0 bridgehead atoms. The van der Waals surface area contributed by atoms with Crippen LogP contribution >= 0.6 is 0 Å². The third-order valence-electron chi connectivity index (χ3n) is 3.57. The van der Waals surface area contributed by atoms with Crippen molar-refractivity contribution in [3.8, 4) is 17.6 Å². The summed E-state index contributed by atoms with van der Waals surface area (Å²) in [5, 5.41) is 10.9. The number of hydrogen-bond acceptors (Lipinski definition) is 4. The van der Waals surface area contributed by atoms with Crippen LogP contribution in [-0.4, -0.2) is 12.1 Å². The van der Waals surface area contributed by atoms with E-state index in [1.807, 2.05) is 42.5 Å². The van der Waals surface area contributed by atoms with E-state index in [9.17, 15) is 4.79 Å². The van der Waals surface area contributed by atoms with Crippen LogP contribution in [0.4, 0.5) is 0 Å². The fourth-order valence-corrected chi connectivity index (χ4v) is 2.29. The van der Waals surface area contributed by atoms with E-state index in [2.05, 4.69) is 0 Å². The Morgan fingerprint density at radius 2 is 1.62 bits per heavy atom. The normalized spacial score (nSPS) is 11.5. The highest BCUT2D eigenvalue weighted by Crippen LogP contribution is 2.21. The van der Waals surface area contributed by atoms with Crippen molar-refractivity contribution in [3.63, 3.8) is 0 Å². The SMILES string of the molecule is C[C@@H](Oc1ccc(C#N)cc1)C(=O)Oc1ccc2ccccc2c1. The largest absolute Gasteiger partial charge is 0.479 e. The Morgan fingerprint density at radius 3 is 2.33 bits per heavy atom. The molecule has 0 aliphatic heterocycles. The first-order chi connectivity index (χ1) is 11.7. The molecule has 4 nitrogen and oxygen atoms in total. The number of esters is 1. The molecule has 3 rings (SSSR count). The van der Waals surface area contributed by atoms with Gasteiger partial charge in [-0.3, -0.25) is 0 Å². The quantitative estimate of drug-likeness (QED) is 0.537. The van der Waals surface area contributed by atoms with E-state index in [1.54, 1.807) is 37.3 Å². The number of rotatable bonds is 4. The number of nitriles is 1. The smallest absolute Gasteiger partial charge is 0.352 e. The molecule has 24 heavy (non-hydrogen) atoms. The van der Waals surface area contributed by atoms with Crippen molar-refractivity contribution >= 4 is 16.7 Å². The second-order valence-electron chi connectivity index (χ2n) is 5.33. The number of nitrogens with zero attached hydrogens (tertiary/aromatic N) is 1. The fourth-order valence-electron chi connectivity index (χ4n) is 2.29. The van der Waals surface area contributed by atoms with Crippen LogP contribution in [0.3, 0.4) is 0 Å². The van der Waals surface area contributed by atoms with Gasteiger partial charge in [-0.05, 0) is 54.1 Å². The fraction of sp³-hybridized carbons (Fsp3) is 0.100. The summed E-state index contributed by atoms with van der Waals surface area (Å²) in [7, 11) is 0. The van der Waals surface area contributed by atoms with Crippen LogP contribution < -0.4 is 9.47 Å². The molecule has 0 fully saturated rings. The van der Waals surface area contributed by atoms with E-state index in [0.29, 0.717) is 17.1 Å². The van der Waals surface area contributed by atoms with Gasteiger partial charge in [-0.15, -0.1) is 0 Å². The van der Waals surface area contributed by atoms with Gasteiger partial charge in [0, 0.05) is 0 Å². The summed E-state index contributed by atoms with van der Waals surface area (Å²) in [5.41, 5.74) is 0.536. The molecule has 0 amide bonds. The first-order valence-electron chi connectivity index (χ1n) is 7.53. The third-order valence-corrected chi connectivity index (χ3v) is 3.57. The second kappa shape index (κ2) is 6.84. The topological polar surface area (TPSA) is 59.3 Å². The number of benzene rings is 3. The van der Waals surface area contributed by atoms with E-state index in [1.165, 1.54) is 0 Å². The summed E-state index contributed by atoms with van der Waals surface area (Å²) >= 11 is 0. The monoisotopic (exact) mass is 317 g/mol. The van der Waals surface area contributed by atoms with Crippen LogP contribution in [0, 0.1) is 11.3 Å². The zero-order valence-corrected chi connectivity index (χ0v) is 13.1. The standard InChI is InChI=1S/C20H15NO3/c1-14(23-18-9-6-15(13-21)7-10-18)20(22)24-19-11-8-16-4-2-3-5-17(16)12-19/h2-12,14H,1H3/t14-/m1/s1. The van der Waals surface area contributed by atoms with Gasteiger partial charge in [0.1, 0.15) is 11.5 Å². The first-order valence-corrected chi connectivity index (χ1v) is 7.53. The molecule has 0 N–H and O–H groups in total. The number of carbonyl (C=O) groups is 1.